The Morgan fingerprint density at radius 1 is 1.12 bits per heavy atom. The zero-order valence-corrected chi connectivity index (χ0v) is 14.9. The Labute approximate surface area is 152 Å². The third-order valence-electron chi connectivity index (χ3n) is 3.39. The van der Waals surface area contributed by atoms with Gasteiger partial charge in [0.15, 0.2) is 5.82 Å². The van der Waals surface area contributed by atoms with E-state index in [0.717, 1.165) is 27.6 Å². The van der Waals surface area contributed by atoms with Gasteiger partial charge in [0, 0.05) is 23.7 Å². The zero-order chi connectivity index (χ0) is 17.1. The lowest BCUT2D eigenvalue weighted by molar-refractivity contribution is 0.466. The molecule has 0 fully saturated rings. The van der Waals surface area contributed by atoms with Crippen molar-refractivity contribution in [3.05, 3.63) is 53.8 Å². The van der Waals surface area contributed by atoms with Crippen molar-refractivity contribution >= 4 is 23.1 Å². The summed E-state index contributed by atoms with van der Waals surface area (Å²) in [6.45, 7) is 2.06. The van der Waals surface area contributed by atoms with Crippen molar-refractivity contribution in [3.8, 4) is 22.2 Å². The monoisotopic (exact) mass is 367 g/mol. The Kier molecular flexibility index (Phi) is 4.53. The number of aromatic nitrogens is 5. The van der Waals surface area contributed by atoms with Gasteiger partial charge in [-0.25, -0.2) is 9.97 Å². The predicted molar refractivity (Wildman–Crippen MR) is 96.4 cm³/mol. The van der Waals surface area contributed by atoms with E-state index >= 15 is 0 Å². The minimum absolute atomic E-state index is 0.463. The maximum atomic E-state index is 5.73. The molecular formula is C17H13N5OS2. The maximum Gasteiger partial charge on any atom is 0.283 e. The standard InChI is InChI=1S/C17H13N5OS2/c1-2-12-10-14(20-15(19-12)11-5-7-18-8-6-11)25-17-22-21-16(23-17)13-4-3-9-24-13/h3-10H,2H2,1H3. The minimum Gasteiger partial charge on any atom is -0.410 e. The van der Waals surface area contributed by atoms with Crippen LogP contribution in [0.5, 0.6) is 0 Å². The van der Waals surface area contributed by atoms with Gasteiger partial charge in [0.2, 0.25) is 0 Å². The van der Waals surface area contributed by atoms with E-state index in [2.05, 4.69) is 32.1 Å². The summed E-state index contributed by atoms with van der Waals surface area (Å²) in [5, 5.41) is 11.4. The van der Waals surface area contributed by atoms with E-state index in [0.29, 0.717) is 16.9 Å². The average molecular weight is 367 g/mol. The zero-order valence-electron chi connectivity index (χ0n) is 13.3. The molecule has 0 unspecified atom stereocenters. The molecule has 8 heteroatoms. The topological polar surface area (TPSA) is 77.6 Å². The minimum atomic E-state index is 0.463. The molecule has 4 aromatic rings. The van der Waals surface area contributed by atoms with Gasteiger partial charge in [0.1, 0.15) is 5.03 Å². The molecule has 0 bridgehead atoms. The van der Waals surface area contributed by atoms with Crippen molar-refractivity contribution in [2.24, 2.45) is 0 Å². The van der Waals surface area contributed by atoms with Crippen LogP contribution < -0.4 is 0 Å². The van der Waals surface area contributed by atoms with Crippen LogP contribution in [0.2, 0.25) is 0 Å². The highest BCUT2D eigenvalue weighted by Crippen LogP contribution is 2.31. The van der Waals surface area contributed by atoms with E-state index in [1.54, 1.807) is 23.7 Å². The molecule has 0 radical (unpaired) electrons. The lowest BCUT2D eigenvalue weighted by atomic mass is 10.2. The summed E-state index contributed by atoms with van der Waals surface area (Å²) >= 11 is 2.91. The van der Waals surface area contributed by atoms with Crippen molar-refractivity contribution < 1.29 is 4.42 Å². The van der Waals surface area contributed by atoms with Crippen LogP contribution in [0.15, 0.2) is 62.8 Å². The molecule has 4 heterocycles. The van der Waals surface area contributed by atoms with Crippen LogP contribution in [0.25, 0.3) is 22.2 Å². The van der Waals surface area contributed by atoms with Crippen LogP contribution in [0.1, 0.15) is 12.6 Å². The predicted octanol–water partition coefficient (Wildman–Crippen LogP) is 4.36. The number of rotatable bonds is 5. The first kappa shape index (κ1) is 15.9. The lowest BCUT2D eigenvalue weighted by Gasteiger charge is -2.05. The first-order chi connectivity index (χ1) is 12.3. The molecule has 0 aliphatic rings. The molecule has 0 amide bonds. The quantitative estimate of drug-likeness (QED) is 0.485. The van der Waals surface area contributed by atoms with Crippen molar-refractivity contribution in [1.29, 1.82) is 0 Å². The Morgan fingerprint density at radius 2 is 2.00 bits per heavy atom. The lowest BCUT2D eigenvalue weighted by Crippen LogP contribution is -1.96. The Morgan fingerprint density at radius 3 is 2.76 bits per heavy atom. The van der Waals surface area contributed by atoms with E-state index < -0.39 is 0 Å². The molecule has 0 atom stereocenters. The van der Waals surface area contributed by atoms with Gasteiger partial charge in [-0.1, -0.05) is 13.0 Å². The van der Waals surface area contributed by atoms with E-state index in [-0.39, 0.29) is 0 Å². The first-order valence-electron chi connectivity index (χ1n) is 7.65. The second kappa shape index (κ2) is 7.12. The molecule has 0 N–H and O–H groups in total. The Balaban J connectivity index is 1.64. The molecule has 0 saturated heterocycles. The molecule has 25 heavy (non-hydrogen) atoms. The van der Waals surface area contributed by atoms with E-state index in [1.807, 2.05) is 35.7 Å². The molecule has 0 spiro atoms. The number of pyridine rings is 1. The van der Waals surface area contributed by atoms with E-state index in [9.17, 15) is 0 Å². The molecule has 0 saturated carbocycles. The van der Waals surface area contributed by atoms with Crippen LogP contribution in [-0.2, 0) is 6.42 Å². The molecule has 0 aliphatic carbocycles. The summed E-state index contributed by atoms with van der Waals surface area (Å²) in [6, 6.07) is 9.64. The van der Waals surface area contributed by atoms with Crippen molar-refractivity contribution in [3.63, 3.8) is 0 Å². The molecule has 4 aromatic heterocycles. The van der Waals surface area contributed by atoms with Crippen LogP contribution >= 0.6 is 23.1 Å². The smallest absolute Gasteiger partial charge is 0.283 e. The van der Waals surface area contributed by atoms with Crippen molar-refractivity contribution in [1.82, 2.24) is 25.1 Å². The molecule has 0 aliphatic heterocycles. The third-order valence-corrected chi connectivity index (χ3v) is 5.00. The summed E-state index contributed by atoms with van der Waals surface area (Å²) in [5.41, 5.74) is 1.89. The highest BCUT2D eigenvalue weighted by Gasteiger charge is 2.13. The number of hydrogen-bond donors (Lipinski definition) is 0. The largest absolute Gasteiger partial charge is 0.410 e. The SMILES string of the molecule is CCc1cc(Sc2nnc(-c3cccs3)o2)nc(-c2ccncc2)n1. The molecular weight excluding hydrogens is 354 g/mol. The fourth-order valence-electron chi connectivity index (χ4n) is 2.18. The number of nitrogens with zero attached hydrogens (tertiary/aromatic N) is 5. The van der Waals surface area contributed by atoms with Crippen LogP contribution in [0, 0.1) is 0 Å². The highest BCUT2D eigenvalue weighted by molar-refractivity contribution is 7.99. The number of hydrogen-bond acceptors (Lipinski definition) is 8. The average Bonchev–Trinajstić information content (AvgIpc) is 3.34. The molecule has 124 valence electrons. The van der Waals surface area contributed by atoms with Gasteiger partial charge in [-0.15, -0.1) is 21.5 Å². The third kappa shape index (κ3) is 3.59. The fraction of sp³-hybridized carbons (Fsp3) is 0.118. The second-order valence-electron chi connectivity index (χ2n) is 5.06. The summed E-state index contributed by atoms with van der Waals surface area (Å²) in [7, 11) is 0. The van der Waals surface area contributed by atoms with E-state index in [4.69, 9.17) is 4.42 Å². The van der Waals surface area contributed by atoms with Gasteiger partial charge >= 0.3 is 0 Å². The van der Waals surface area contributed by atoms with Gasteiger partial charge in [0.25, 0.3) is 11.1 Å². The van der Waals surface area contributed by atoms with Crippen LogP contribution in [0.3, 0.4) is 0 Å². The Hall–Kier alpha value is -2.58. The van der Waals surface area contributed by atoms with Gasteiger partial charge in [-0.3, -0.25) is 4.98 Å². The summed E-state index contributed by atoms with van der Waals surface area (Å²) in [5.74, 6) is 1.19. The van der Waals surface area contributed by atoms with Crippen molar-refractivity contribution in [2.75, 3.05) is 0 Å². The Bertz CT molecular complexity index is 970. The summed E-state index contributed by atoms with van der Waals surface area (Å²) in [6.07, 6.45) is 4.28. The van der Waals surface area contributed by atoms with Gasteiger partial charge in [-0.2, -0.15) is 0 Å². The highest BCUT2D eigenvalue weighted by atomic mass is 32.2. The summed E-state index contributed by atoms with van der Waals surface area (Å²) < 4.78 is 5.73. The van der Waals surface area contributed by atoms with Crippen LogP contribution in [0.4, 0.5) is 0 Å². The van der Waals surface area contributed by atoms with Gasteiger partial charge < -0.3 is 4.42 Å². The number of thiophene rings is 1. The second-order valence-corrected chi connectivity index (χ2v) is 6.98. The molecule has 0 aromatic carbocycles. The van der Waals surface area contributed by atoms with Crippen molar-refractivity contribution in [2.45, 2.75) is 23.6 Å². The fourth-order valence-corrected chi connectivity index (χ4v) is 3.53. The molecule has 6 nitrogen and oxygen atoms in total. The first-order valence-corrected chi connectivity index (χ1v) is 9.35. The number of aryl methyl sites for hydroxylation is 1. The van der Waals surface area contributed by atoms with E-state index in [1.165, 1.54) is 11.8 Å². The summed E-state index contributed by atoms with van der Waals surface area (Å²) in [4.78, 5) is 14.2. The normalized spacial score (nSPS) is 10.9. The molecule has 4 rings (SSSR count). The van der Waals surface area contributed by atoms with Gasteiger partial charge in [0.05, 0.1) is 4.88 Å². The van der Waals surface area contributed by atoms with Crippen LogP contribution in [-0.4, -0.2) is 25.1 Å². The van der Waals surface area contributed by atoms with Gasteiger partial charge in [-0.05, 0) is 47.8 Å². The maximum absolute atomic E-state index is 5.73.